The molecule has 0 spiro atoms. The van der Waals surface area contributed by atoms with Crippen molar-refractivity contribution in [1.82, 2.24) is 4.57 Å². The molecule has 0 saturated carbocycles. The van der Waals surface area contributed by atoms with Gasteiger partial charge < -0.3 is 10.3 Å². The summed E-state index contributed by atoms with van der Waals surface area (Å²) >= 11 is 12.6. The van der Waals surface area contributed by atoms with Crippen molar-refractivity contribution in [1.29, 1.82) is 0 Å². The van der Waals surface area contributed by atoms with Crippen molar-refractivity contribution in [2.24, 2.45) is 12.8 Å². The molecule has 0 aliphatic carbocycles. The van der Waals surface area contributed by atoms with E-state index in [0.29, 0.717) is 22.0 Å². The predicted molar refractivity (Wildman–Crippen MR) is 90.7 cm³/mol. The van der Waals surface area contributed by atoms with Gasteiger partial charge in [-0.2, -0.15) is 0 Å². The molecular weight excluding hydrogens is 319 g/mol. The maximum Gasteiger partial charge on any atom is 0.248 e. The number of primary amides is 1. The summed E-state index contributed by atoms with van der Waals surface area (Å²) in [4.78, 5) is 11.2. The van der Waals surface area contributed by atoms with E-state index in [-0.39, 0.29) is 0 Å². The number of nitrogens with two attached hydrogens (primary N) is 1. The normalized spacial score (nSPS) is 11.0. The van der Waals surface area contributed by atoms with E-state index in [0.717, 1.165) is 16.8 Å². The number of hydrogen-bond acceptors (Lipinski definition) is 1. The Balaban J connectivity index is 2.05. The van der Waals surface area contributed by atoms with E-state index < -0.39 is 5.91 Å². The summed E-state index contributed by atoms with van der Waals surface area (Å²) < 4.78 is 2.12. The number of hydrogen-bond donors (Lipinski definition) is 1. The van der Waals surface area contributed by atoms with Gasteiger partial charge in [0.25, 0.3) is 0 Å². The molecule has 2 aromatic carbocycles. The number of aryl methyl sites for hydroxylation is 1. The molecular formula is C17H14Cl2N2O. The summed E-state index contributed by atoms with van der Waals surface area (Å²) in [5.74, 6) is -0.542. The molecule has 0 saturated heterocycles. The van der Waals surface area contributed by atoms with Crippen LogP contribution < -0.4 is 5.73 Å². The zero-order valence-corrected chi connectivity index (χ0v) is 13.4. The molecule has 0 bridgehead atoms. The Labute approximate surface area is 138 Å². The van der Waals surface area contributed by atoms with Crippen molar-refractivity contribution < 1.29 is 4.79 Å². The van der Waals surface area contributed by atoms with Crippen LogP contribution in [0.3, 0.4) is 0 Å². The first-order valence-corrected chi connectivity index (χ1v) is 7.54. The maximum atomic E-state index is 11.2. The van der Waals surface area contributed by atoms with Crippen LogP contribution in [0.4, 0.5) is 0 Å². The number of rotatable bonds is 3. The van der Waals surface area contributed by atoms with E-state index in [4.69, 9.17) is 28.9 Å². The van der Waals surface area contributed by atoms with Gasteiger partial charge in [0, 0.05) is 40.3 Å². The summed E-state index contributed by atoms with van der Waals surface area (Å²) in [6, 6.07) is 13.4. The van der Waals surface area contributed by atoms with E-state index in [1.165, 1.54) is 5.39 Å². The summed E-state index contributed by atoms with van der Waals surface area (Å²) in [5.41, 5.74) is 8.62. The van der Waals surface area contributed by atoms with Gasteiger partial charge in [-0.1, -0.05) is 41.4 Å². The smallest absolute Gasteiger partial charge is 0.248 e. The highest BCUT2D eigenvalue weighted by Crippen LogP contribution is 2.30. The number of carbonyl (C=O) groups is 1. The highest BCUT2D eigenvalue weighted by atomic mass is 35.5. The first kappa shape index (κ1) is 14.9. The molecule has 1 aromatic heterocycles. The molecule has 3 rings (SSSR count). The number of carbonyl (C=O) groups excluding carboxylic acids is 1. The van der Waals surface area contributed by atoms with Gasteiger partial charge in [-0.15, -0.1) is 0 Å². The fourth-order valence-electron chi connectivity index (χ4n) is 2.61. The molecule has 5 heteroatoms. The summed E-state index contributed by atoms with van der Waals surface area (Å²) in [5, 5.41) is 2.07. The van der Waals surface area contributed by atoms with E-state index in [2.05, 4.69) is 22.8 Å². The largest absolute Gasteiger partial charge is 0.366 e. The summed E-state index contributed by atoms with van der Waals surface area (Å²) in [6.07, 6.45) is 0.585. The monoisotopic (exact) mass is 332 g/mol. The van der Waals surface area contributed by atoms with Crippen LogP contribution in [-0.2, 0) is 13.5 Å². The second-order valence-electron chi connectivity index (χ2n) is 5.21. The quantitative estimate of drug-likeness (QED) is 0.768. The maximum absolute atomic E-state index is 11.2. The molecule has 3 nitrogen and oxygen atoms in total. The minimum Gasteiger partial charge on any atom is -0.366 e. The average Bonchev–Trinajstić information content (AvgIpc) is 2.79. The van der Waals surface area contributed by atoms with Crippen LogP contribution in [0.1, 0.15) is 21.6 Å². The third-order valence-corrected chi connectivity index (χ3v) is 4.51. The Hall–Kier alpha value is -1.97. The van der Waals surface area contributed by atoms with E-state index in [9.17, 15) is 4.79 Å². The Kier molecular flexibility index (Phi) is 3.85. The lowest BCUT2D eigenvalue weighted by Gasteiger charge is -2.10. The van der Waals surface area contributed by atoms with E-state index in [1.807, 2.05) is 19.2 Å². The van der Waals surface area contributed by atoms with Crippen molar-refractivity contribution in [3.63, 3.8) is 0 Å². The number of aromatic nitrogens is 1. The average molecular weight is 333 g/mol. The SMILES string of the molecule is Cn1c(Cc2c(Cl)cc(C(N)=O)cc2Cl)cc2ccccc21. The lowest BCUT2D eigenvalue weighted by atomic mass is 10.1. The van der Waals surface area contributed by atoms with Gasteiger partial charge in [-0.25, -0.2) is 0 Å². The van der Waals surface area contributed by atoms with Crippen molar-refractivity contribution in [3.05, 3.63) is 69.3 Å². The molecule has 0 atom stereocenters. The number of nitrogens with zero attached hydrogens (tertiary/aromatic N) is 1. The van der Waals surface area contributed by atoms with Crippen LogP contribution in [0.2, 0.25) is 10.0 Å². The first-order chi connectivity index (χ1) is 10.5. The van der Waals surface area contributed by atoms with Gasteiger partial charge in [-0.05, 0) is 35.2 Å². The van der Waals surface area contributed by atoms with E-state index in [1.54, 1.807) is 12.1 Å². The second kappa shape index (κ2) is 5.67. The van der Waals surface area contributed by atoms with Gasteiger partial charge in [0.05, 0.1) is 0 Å². The zero-order chi connectivity index (χ0) is 15.9. The molecule has 1 heterocycles. The Morgan fingerprint density at radius 1 is 1.14 bits per heavy atom. The van der Waals surface area contributed by atoms with Gasteiger partial charge >= 0.3 is 0 Å². The van der Waals surface area contributed by atoms with E-state index >= 15 is 0 Å². The third kappa shape index (κ3) is 2.58. The molecule has 0 aliphatic rings. The first-order valence-electron chi connectivity index (χ1n) is 6.78. The fourth-order valence-corrected chi connectivity index (χ4v) is 3.23. The number of benzene rings is 2. The lowest BCUT2D eigenvalue weighted by Crippen LogP contribution is -2.11. The molecule has 0 aliphatic heterocycles. The van der Waals surface area contributed by atoms with Crippen molar-refractivity contribution >= 4 is 40.0 Å². The standard InChI is InChI=1S/C17H14Cl2N2O/c1-21-12(6-10-4-2-3-5-16(10)21)9-13-14(18)7-11(17(20)22)8-15(13)19/h2-8H,9H2,1H3,(H2,20,22). The summed E-state index contributed by atoms with van der Waals surface area (Å²) in [7, 11) is 2.01. The number of para-hydroxylation sites is 1. The second-order valence-corrected chi connectivity index (χ2v) is 6.03. The van der Waals surface area contributed by atoms with Crippen LogP contribution in [0.15, 0.2) is 42.5 Å². The van der Waals surface area contributed by atoms with Gasteiger partial charge in [0.1, 0.15) is 0 Å². The third-order valence-electron chi connectivity index (χ3n) is 3.83. The van der Waals surface area contributed by atoms with Crippen molar-refractivity contribution in [2.45, 2.75) is 6.42 Å². The van der Waals surface area contributed by atoms with Gasteiger partial charge in [-0.3, -0.25) is 4.79 Å². The molecule has 112 valence electrons. The van der Waals surface area contributed by atoms with Gasteiger partial charge in [0.15, 0.2) is 0 Å². The van der Waals surface area contributed by atoms with Crippen molar-refractivity contribution in [2.75, 3.05) is 0 Å². The molecule has 1 amide bonds. The summed E-state index contributed by atoms with van der Waals surface area (Å²) in [6.45, 7) is 0. The molecule has 2 N–H and O–H groups in total. The Bertz CT molecular complexity index is 860. The highest BCUT2D eigenvalue weighted by molar-refractivity contribution is 6.36. The minimum absolute atomic E-state index is 0.316. The fraction of sp³-hybridized carbons (Fsp3) is 0.118. The molecule has 3 aromatic rings. The Morgan fingerprint density at radius 2 is 1.77 bits per heavy atom. The molecule has 0 unspecified atom stereocenters. The number of halogens is 2. The lowest BCUT2D eigenvalue weighted by molar-refractivity contribution is 0.100. The molecule has 0 fully saturated rings. The van der Waals surface area contributed by atoms with Gasteiger partial charge in [0.2, 0.25) is 5.91 Å². The molecule has 0 radical (unpaired) electrons. The van der Waals surface area contributed by atoms with Crippen LogP contribution >= 0.6 is 23.2 Å². The van der Waals surface area contributed by atoms with Crippen LogP contribution in [0.25, 0.3) is 10.9 Å². The topological polar surface area (TPSA) is 48.0 Å². The van der Waals surface area contributed by atoms with Crippen LogP contribution in [0.5, 0.6) is 0 Å². The molecule has 22 heavy (non-hydrogen) atoms. The number of fused-ring (bicyclic) bond motifs is 1. The predicted octanol–water partition coefficient (Wildman–Crippen LogP) is 4.17. The van der Waals surface area contributed by atoms with Crippen LogP contribution in [-0.4, -0.2) is 10.5 Å². The van der Waals surface area contributed by atoms with Crippen LogP contribution in [0, 0.1) is 0 Å². The minimum atomic E-state index is -0.542. The van der Waals surface area contributed by atoms with Crippen molar-refractivity contribution in [3.8, 4) is 0 Å². The highest BCUT2D eigenvalue weighted by Gasteiger charge is 2.14. The zero-order valence-electron chi connectivity index (χ0n) is 11.9. The number of amides is 1. The Morgan fingerprint density at radius 3 is 2.36 bits per heavy atom.